The zero-order chi connectivity index (χ0) is 24.8. The molecule has 1 amide bonds. The molecule has 1 fully saturated rings. The van der Waals surface area contributed by atoms with Gasteiger partial charge in [-0.3, -0.25) is 4.79 Å². The van der Waals surface area contributed by atoms with E-state index in [0.29, 0.717) is 30.9 Å². The summed E-state index contributed by atoms with van der Waals surface area (Å²) in [6, 6.07) is 13.5. The van der Waals surface area contributed by atoms with Crippen LogP contribution in [-0.4, -0.2) is 39.5 Å². The van der Waals surface area contributed by atoms with Crippen LogP contribution in [0.15, 0.2) is 54.6 Å². The summed E-state index contributed by atoms with van der Waals surface area (Å²) in [7, 11) is -1.62. The Kier molecular flexibility index (Phi) is 8.16. The van der Waals surface area contributed by atoms with E-state index in [-0.39, 0.29) is 29.2 Å². The van der Waals surface area contributed by atoms with Crippen molar-refractivity contribution in [2.45, 2.75) is 44.9 Å². The van der Waals surface area contributed by atoms with Gasteiger partial charge in [0.1, 0.15) is 11.5 Å². The number of ether oxygens (including phenoxy) is 2. The van der Waals surface area contributed by atoms with E-state index in [1.807, 2.05) is 61.5 Å². The summed E-state index contributed by atoms with van der Waals surface area (Å²) >= 11 is 0. The number of methoxy groups -OCH3 is 1. The average molecular weight is 498 g/mol. The molecule has 1 unspecified atom stereocenters. The highest BCUT2D eigenvalue weighted by Crippen LogP contribution is 2.35. The summed E-state index contributed by atoms with van der Waals surface area (Å²) in [4.78, 5) is 12.5. The highest BCUT2D eigenvalue weighted by Gasteiger charge is 2.27. The molecule has 0 aromatic heterocycles. The molecule has 2 aliphatic rings. The molecule has 1 aliphatic heterocycles. The van der Waals surface area contributed by atoms with Crippen LogP contribution >= 0.6 is 0 Å². The summed E-state index contributed by atoms with van der Waals surface area (Å²) in [5.74, 6) is 2.07. The number of carbonyl (C=O) groups is 1. The Hall–Kier alpha value is -2.80. The van der Waals surface area contributed by atoms with Crippen LogP contribution in [0.2, 0.25) is 0 Å². The summed E-state index contributed by atoms with van der Waals surface area (Å²) < 4.78 is 36.6. The monoisotopic (exact) mass is 497 g/mol. The molecule has 35 heavy (non-hydrogen) atoms. The fourth-order valence-corrected chi connectivity index (χ4v) is 6.04. The van der Waals surface area contributed by atoms with Crippen LogP contribution < -0.4 is 14.8 Å². The predicted molar refractivity (Wildman–Crippen MR) is 139 cm³/mol. The second-order valence-corrected chi connectivity index (χ2v) is 12.0. The Morgan fingerprint density at radius 3 is 2.71 bits per heavy atom. The molecule has 0 bridgehead atoms. The van der Waals surface area contributed by atoms with Crippen molar-refractivity contribution >= 4 is 21.4 Å². The molecule has 1 aliphatic carbocycles. The molecule has 0 saturated heterocycles. The van der Waals surface area contributed by atoms with Crippen LogP contribution in [0.4, 0.5) is 5.69 Å². The third kappa shape index (κ3) is 7.10. The van der Waals surface area contributed by atoms with Gasteiger partial charge in [0.15, 0.2) is 9.84 Å². The van der Waals surface area contributed by atoms with E-state index in [1.165, 1.54) is 12.8 Å². The highest BCUT2D eigenvalue weighted by molar-refractivity contribution is 7.91. The molecule has 6 nitrogen and oxygen atoms in total. The fourth-order valence-electron chi connectivity index (χ4n) is 4.43. The van der Waals surface area contributed by atoms with Crippen molar-refractivity contribution in [3.05, 3.63) is 65.7 Å². The molecule has 188 valence electrons. The minimum absolute atomic E-state index is 0.0311. The van der Waals surface area contributed by atoms with Gasteiger partial charge in [0.25, 0.3) is 0 Å². The fraction of sp³-hybridized carbons (Fsp3) is 0.464. The minimum atomic E-state index is -3.21. The Labute approximate surface area is 208 Å². The summed E-state index contributed by atoms with van der Waals surface area (Å²) in [6.45, 7) is 2.69. The number of hydrogen-bond donors (Lipinski definition) is 1. The van der Waals surface area contributed by atoms with Crippen LogP contribution in [0.1, 0.15) is 49.7 Å². The van der Waals surface area contributed by atoms with E-state index in [0.717, 1.165) is 29.2 Å². The first kappa shape index (κ1) is 25.3. The standard InChI is InChI=1S/C28H35NO5S/c1-20(22-9-6-11-25(17-22)34-18-21-13-14-21)19-35(31,32)15-5-3-4-8-24-16-23-10-7-12-26(33-2)27(23)29-28(24)30/h3-4,6-7,9-12,17,20-21,24H,5,8,13-16,18-19H2,1-2H3,(H,29,30)/b4-3+/t20-,24?/m0/s1. The van der Waals surface area contributed by atoms with Gasteiger partial charge >= 0.3 is 0 Å². The van der Waals surface area contributed by atoms with Gasteiger partial charge in [-0.05, 0) is 73.3 Å². The van der Waals surface area contributed by atoms with Crippen LogP contribution in [0.25, 0.3) is 0 Å². The Morgan fingerprint density at radius 1 is 1.14 bits per heavy atom. The number of hydrogen-bond acceptors (Lipinski definition) is 5. The minimum Gasteiger partial charge on any atom is -0.495 e. The van der Waals surface area contributed by atoms with Crippen molar-refractivity contribution in [2.24, 2.45) is 11.8 Å². The third-order valence-electron chi connectivity index (χ3n) is 6.71. The van der Waals surface area contributed by atoms with Gasteiger partial charge in [0.05, 0.1) is 30.9 Å². The number of nitrogens with one attached hydrogen (secondary N) is 1. The smallest absolute Gasteiger partial charge is 0.228 e. The largest absolute Gasteiger partial charge is 0.495 e. The topological polar surface area (TPSA) is 81.7 Å². The maximum absolute atomic E-state index is 12.7. The summed E-state index contributed by atoms with van der Waals surface area (Å²) in [6.07, 6.45) is 7.94. The lowest BCUT2D eigenvalue weighted by molar-refractivity contribution is -0.120. The summed E-state index contributed by atoms with van der Waals surface area (Å²) in [5.41, 5.74) is 2.79. The van der Waals surface area contributed by atoms with Gasteiger partial charge in [-0.25, -0.2) is 8.42 Å². The zero-order valence-electron chi connectivity index (χ0n) is 20.5. The molecular formula is C28H35NO5S. The predicted octanol–water partition coefficient (Wildman–Crippen LogP) is 5.15. The molecular weight excluding hydrogens is 462 g/mol. The van der Waals surface area contributed by atoms with E-state index in [1.54, 1.807) is 7.11 Å². The number of amides is 1. The maximum atomic E-state index is 12.7. The van der Waals surface area contributed by atoms with E-state index in [9.17, 15) is 13.2 Å². The van der Waals surface area contributed by atoms with Crippen molar-refractivity contribution in [3.63, 3.8) is 0 Å². The first-order valence-electron chi connectivity index (χ1n) is 12.4. The molecule has 4 rings (SSSR count). The zero-order valence-corrected chi connectivity index (χ0v) is 21.4. The van der Waals surface area contributed by atoms with Crippen molar-refractivity contribution in [3.8, 4) is 11.5 Å². The molecule has 0 spiro atoms. The number of rotatable bonds is 12. The number of benzene rings is 2. The number of anilines is 1. The van der Waals surface area contributed by atoms with Crippen molar-refractivity contribution in [2.75, 3.05) is 30.5 Å². The second kappa shape index (κ2) is 11.3. The molecule has 2 atom stereocenters. The number of fused-ring (bicyclic) bond motifs is 1. The quantitative estimate of drug-likeness (QED) is 0.410. The Bertz CT molecular complexity index is 1170. The lowest BCUT2D eigenvalue weighted by Crippen LogP contribution is -2.29. The lowest BCUT2D eigenvalue weighted by atomic mass is 9.90. The van der Waals surface area contributed by atoms with Crippen molar-refractivity contribution in [1.29, 1.82) is 0 Å². The molecule has 2 aromatic rings. The molecule has 2 aromatic carbocycles. The normalized spacial score (nSPS) is 18.7. The molecule has 1 heterocycles. The van der Waals surface area contributed by atoms with E-state index in [4.69, 9.17) is 9.47 Å². The van der Waals surface area contributed by atoms with Crippen LogP contribution in [0.5, 0.6) is 11.5 Å². The van der Waals surface area contributed by atoms with E-state index < -0.39 is 9.84 Å². The Morgan fingerprint density at radius 2 is 1.94 bits per heavy atom. The van der Waals surface area contributed by atoms with E-state index in [2.05, 4.69) is 5.32 Å². The maximum Gasteiger partial charge on any atom is 0.228 e. The van der Waals surface area contributed by atoms with Crippen molar-refractivity contribution < 1.29 is 22.7 Å². The lowest BCUT2D eigenvalue weighted by Gasteiger charge is -2.25. The molecule has 7 heteroatoms. The SMILES string of the molecule is COc1cccc2c1NC(=O)C(C/C=C/CCS(=O)(=O)C[C@H](C)c1cccc(OCC3CC3)c1)C2. The van der Waals surface area contributed by atoms with Gasteiger partial charge < -0.3 is 14.8 Å². The second-order valence-electron chi connectivity index (χ2n) is 9.72. The highest BCUT2D eigenvalue weighted by atomic mass is 32.2. The van der Waals surface area contributed by atoms with E-state index >= 15 is 0 Å². The van der Waals surface area contributed by atoms with Gasteiger partial charge in [-0.15, -0.1) is 0 Å². The first-order chi connectivity index (χ1) is 16.8. The summed E-state index contributed by atoms with van der Waals surface area (Å²) in [5, 5.41) is 2.95. The molecule has 0 radical (unpaired) electrons. The van der Waals surface area contributed by atoms with Gasteiger partial charge in [-0.2, -0.15) is 0 Å². The van der Waals surface area contributed by atoms with Crippen LogP contribution in [0, 0.1) is 11.8 Å². The van der Waals surface area contributed by atoms with Crippen molar-refractivity contribution in [1.82, 2.24) is 0 Å². The number of carbonyl (C=O) groups excluding carboxylic acids is 1. The molecule has 1 saturated carbocycles. The third-order valence-corrected chi connectivity index (χ3v) is 8.58. The van der Waals surface area contributed by atoms with Gasteiger partial charge in [-0.1, -0.05) is 43.3 Å². The number of allylic oxidation sites excluding steroid dienone is 2. The average Bonchev–Trinajstić information content (AvgIpc) is 3.67. The molecule has 1 N–H and O–H groups in total. The first-order valence-corrected chi connectivity index (χ1v) is 14.2. The van der Waals surface area contributed by atoms with Gasteiger partial charge in [0, 0.05) is 5.92 Å². The van der Waals surface area contributed by atoms with Crippen LogP contribution in [-0.2, 0) is 21.1 Å². The van der Waals surface area contributed by atoms with Crippen LogP contribution in [0.3, 0.4) is 0 Å². The number of para-hydroxylation sites is 1. The Balaban J connectivity index is 1.23. The van der Waals surface area contributed by atoms with Gasteiger partial charge in [0.2, 0.25) is 5.91 Å². The number of sulfone groups is 1.